The third kappa shape index (κ3) is 3.09. The van der Waals surface area contributed by atoms with Gasteiger partial charge in [-0.15, -0.1) is 11.3 Å². The lowest BCUT2D eigenvalue weighted by atomic mass is 10.4. The van der Waals surface area contributed by atoms with Crippen molar-refractivity contribution in [2.24, 2.45) is 0 Å². The van der Waals surface area contributed by atoms with Gasteiger partial charge in [-0.3, -0.25) is 0 Å². The van der Waals surface area contributed by atoms with E-state index in [-0.39, 0.29) is 10.9 Å². The van der Waals surface area contributed by atoms with Gasteiger partial charge in [-0.2, -0.15) is 4.31 Å². The molecule has 1 saturated carbocycles. The van der Waals surface area contributed by atoms with Crippen molar-refractivity contribution in [3.05, 3.63) is 40.7 Å². The third-order valence-electron chi connectivity index (χ3n) is 3.37. The first-order valence-corrected chi connectivity index (χ1v) is 8.97. The lowest BCUT2D eigenvalue weighted by molar-refractivity contribution is 0.394. The number of methoxy groups -OCH3 is 1. The molecule has 5 nitrogen and oxygen atoms in total. The van der Waals surface area contributed by atoms with Crippen LogP contribution in [0.15, 0.2) is 40.7 Å². The summed E-state index contributed by atoms with van der Waals surface area (Å²) in [7, 11) is -2.01. The SMILES string of the molecule is COc1ccc(S(=O)(=O)N(Cc2cccs2)C2CC2)cn1. The zero-order valence-corrected chi connectivity index (χ0v) is 13.2. The van der Waals surface area contributed by atoms with Gasteiger partial charge in [0, 0.05) is 23.5 Å². The highest BCUT2D eigenvalue weighted by Crippen LogP contribution is 2.34. The molecule has 0 unspecified atom stereocenters. The first-order chi connectivity index (χ1) is 10.1. The number of sulfonamides is 1. The maximum Gasteiger partial charge on any atom is 0.245 e. The van der Waals surface area contributed by atoms with Crippen LogP contribution in [-0.2, 0) is 16.6 Å². The number of rotatable bonds is 6. The van der Waals surface area contributed by atoms with Crippen molar-refractivity contribution in [2.75, 3.05) is 7.11 Å². The van der Waals surface area contributed by atoms with Gasteiger partial charge < -0.3 is 4.74 Å². The average Bonchev–Trinajstić information content (AvgIpc) is 3.20. The van der Waals surface area contributed by atoms with Gasteiger partial charge in [0.1, 0.15) is 4.90 Å². The summed E-state index contributed by atoms with van der Waals surface area (Å²) in [5.41, 5.74) is 0. The van der Waals surface area contributed by atoms with Crippen molar-refractivity contribution in [2.45, 2.75) is 30.3 Å². The van der Waals surface area contributed by atoms with E-state index in [9.17, 15) is 8.42 Å². The molecule has 1 aliphatic rings. The minimum Gasteiger partial charge on any atom is -0.481 e. The van der Waals surface area contributed by atoms with Gasteiger partial charge in [-0.1, -0.05) is 6.07 Å². The van der Waals surface area contributed by atoms with Gasteiger partial charge in [0.2, 0.25) is 15.9 Å². The normalized spacial score (nSPS) is 15.3. The molecule has 0 atom stereocenters. The first-order valence-electron chi connectivity index (χ1n) is 6.65. The fourth-order valence-electron chi connectivity index (χ4n) is 2.10. The van der Waals surface area contributed by atoms with Crippen molar-refractivity contribution >= 4 is 21.4 Å². The van der Waals surface area contributed by atoms with Gasteiger partial charge in [-0.05, 0) is 30.4 Å². The second-order valence-electron chi connectivity index (χ2n) is 4.90. The van der Waals surface area contributed by atoms with Crippen molar-refractivity contribution < 1.29 is 13.2 Å². The van der Waals surface area contributed by atoms with Crippen LogP contribution in [0.3, 0.4) is 0 Å². The minimum absolute atomic E-state index is 0.110. The fourth-order valence-corrected chi connectivity index (χ4v) is 4.50. The summed E-state index contributed by atoms with van der Waals surface area (Å²) in [4.78, 5) is 5.26. The molecule has 0 amide bonds. The summed E-state index contributed by atoms with van der Waals surface area (Å²) in [5.74, 6) is 0.408. The van der Waals surface area contributed by atoms with E-state index >= 15 is 0 Å². The highest BCUT2D eigenvalue weighted by molar-refractivity contribution is 7.89. The number of thiophene rings is 1. The zero-order valence-electron chi connectivity index (χ0n) is 11.6. The third-order valence-corrected chi connectivity index (χ3v) is 6.11. The summed E-state index contributed by atoms with van der Waals surface area (Å²) in [6.45, 7) is 0.427. The average molecular weight is 324 g/mol. The molecule has 1 fully saturated rings. The van der Waals surface area contributed by atoms with Crippen LogP contribution >= 0.6 is 11.3 Å². The Balaban J connectivity index is 1.89. The van der Waals surface area contributed by atoms with Crippen LogP contribution in [0.1, 0.15) is 17.7 Å². The second-order valence-corrected chi connectivity index (χ2v) is 7.82. The maximum absolute atomic E-state index is 12.8. The Morgan fingerprint density at radius 2 is 2.19 bits per heavy atom. The smallest absolute Gasteiger partial charge is 0.245 e. The number of pyridine rings is 1. The topological polar surface area (TPSA) is 59.5 Å². The molecule has 2 aromatic heterocycles. The van der Waals surface area contributed by atoms with Crippen LogP contribution in [0.2, 0.25) is 0 Å². The molecular formula is C14H16N2O3S2. The van der Waals surface area contributed by atoms with E-state index in [0.717, 1.165) is 17.7 Å². The molecule has 2 aromatic rings. The first kappa shape index (κ1) is 14.5. The summed E-state index contributed by atoms with van der Waals surface area (Å²) in [6.07, 6.45) is 3.21. The largest absolute Gasteiger partial charge is 0.481 e. The predicted octanol–water partition coefficient (Wildman–Crippen LogP) is 2.51. The molecule has 0 saturated heterocycles. The molecule has 3 rings (SSSR count). The fraction of sp³-hybridized carbons (Fsp3) is 0.357. The van der Waals surface area contributed by atoms with Crippen LogP contribution < -0.4 is 4.74 Å². The van der Waals surface area contributed by atoms with E-state index in [4.69, 9.17) is 4.74 Å². The quantitative estimate of drug-likeness (QED) is 0.819. The lowest BCUT2D eigenvalue weighted by Gasteiger charge is -2.21. The Kier molecular flexibility index (Phi) is 3.97. The van der Waals surface area contributed by atoms with Gasteiger partial charge >= 0.3 is 0 Å². The molecule has 0 N–H and O–H groups in total. The van der Waals surface area contributed by atoms with E-state index in [1.807, 2.05) is 17.5 Å². The molecule has 0 radical (unpaired) electrons. The Labute approximate surface area is 128 Å². The number of hydrogen-bond donors (Lipinski definition) is 0. The van der Waals surface area contributed by atoms with Crippen molar-refractivity contribution in [3.63, 3.8) is 0 Å². The van der Waals surface area contributed by atoms with Crippen LogP contribution in [-0.4, -0.2) is 30.9 Å². The molecule has 112 valence electrons. The van der Waals surface area contributed by atoms with Crippen LogP contribution in [0.25, 0.3) is 0 Å². The van der Waals surface area contributed by atoms with E-state index in [1.54, 1.807) is 27.8 Å². The summed E-state index contributed by atoms with van der Waals surface area (Å²) in [6, 6.07) is 7.13. The highest BCUT2D eigenvalue weighted by atomic mass is 32.2. The molecular weight excluding hydrogens is 308 g/mol. The maximum atomic E-state index is 12.8. The van der Waals surface area contributed by atoms with Crippen molar-refractivity contribution in [1.29, 1.82) is 0 Å². The summed E-state index contributed by atoms with van der Waals surface area (Å²) >= 11 is 1.57. The number of hydrogen-bond acceptors (Lipinski definition) is 5. The molecule has 21 heavy (non-hydrogen) atoms. The lowest BCUT2D eigenvalue weighted by Crippen LogP contribution is -2.32. The Morgan fingerprint density at radius 1 is 1.38 bits per heavy atom. The molecule has 0 aliphatic heterocycles. The van der Waals surface area contributed by atoms with Crippen LogP contribution in [0.5, 0.6) is 5.88 Å². The van der Waals surface area contributed by atoms with Gasteiger partial charge in [0.15, 0.2) is 0 Å². The zero-order chi connectivity index (χ0) is 14.9. The molecule has 7 heteroatoms. The molecule has 2 heterocycles. The molecule has 1 aliphatic carbocycles. The Hall–Kier alpha value is -1.44. The molecule has 0 spiro atoms. The van der Waals surface area contributed by atoms with Crippen molar-refractivity contribution in [1.82, 2.24) is 9.29 Å². The summed E-state index contributed by atoms with van der Waals surface area (Å²) < 4.78 is 32.1. The van der Waals surface area contributed by atoms with E-state index in [0.29, 0.717) is 12.4 Å². The van der Waals surface area contributed by atoms with E-state index < -0.39 is 10.0 Å². The Bertz CT molecular complexity index is 692. The van der Waals surface area contributed by atoms with Gasteiger partial charge in [0.05, 0.1) is 13.3 Å². The second kappa shape index (κ2) is 5.75. The number of nitrogens with zero attached hydrogens (tertiary/aromatic N) is 2. The van der Waals surface area contributed by atoms with E-state index in [1.165, 1.54) is 13.3 Å². The van der Waals surface area contributed by atoms with Crippen LogP contribution in [0.4, 0.5) is 0 Å². The number of ether oxygens (including phenoxy) is 1. The highest BCUT2D eigenvalue weighted by Gasteiger charge is 2.38. The van der Waals surface area contributed by atoms with Crippen molar-refractivity contribution in [3.8, 4) is 5.88 Å². The standard InChI is InChI=1S/C14H16N2O3S2/c1-19-14-7-6-13(9-15-14)21(17,18)16(11-4-5-11)10-12-3-2-8-20-12/h2-3,6-9,11H,4-5,10H2,1H3. The Morgan fingerprint density at radius 3 is 2.71 bits per heavy atom. The molecule has 0 aromatic carbocycles. The number of aromatic nitrogens is 1. The van der Waals surface area contributed by atoms with Crippen LogP contribution in [0, 0.1) is 0 Å². The van der Waals surface area contributed by atoms with E-state index in [2.05, 4.69) is 4.98 Å². The predicted molar refractivity (Wildman–Crippen MR) is 80.9 cm³/mol. The van der Waals surface area contributed by atoms with Gasteiger partial charge in [-0.25, -0.2) is 13.4 Å². The monoisotopic (exact) mass is 324 g/mol. The minimum atomic E-state index is -3.52. The summed E-state index contributed by atoms with van der Waals surface area (Å²) in [5, 5.41) is 1.96. The van der Waals surface area contributed by atoms with Gasteiger partial charge in [0.25, 0.3) is 0 Å². The molecule has 0 bridgehead atoms.